The van der Waals surface area contributed by atoms with Gasteiger partial charge in [-0.1, -0.05) is 50.6 Å². The molecule has 0 fully saturated rings. The van der Waals surface area contributed by atoms with Gasteiger partial charge >= 0.3 is 0 Å². The maximum absolute atomic E-state index is 12.5. The number of rotatable bonds is 16. The molecule has 0 saturated heterocycles. The zero-order valence-corrected chi connectivity index (χ0v) is 19.3. The summed E-state index contributed by atoms with van der Waals surface area (Å²) in [4.78, 5) is 14.5. The number of nitrogens with zero attached hydrogens (tertiary/aromatic N) is 1. The highest BCUT2D eigenvalue weighted by Gasteiger charge is 2.16. The summed E-state index contributed by atoms with van der Waals surface area (Å²) >= 11 is 0. The highest BCUT2D eigenvalue weighted by Crippen LogP contribution is 2.16. The van der Waals surface area contributed by atoms with E-state index in [1.807, 2.05) is 23.1 Å². The van der Waals surface area contributed by atoms with Gasteiger partial charge in [0.25, 0.3) is 0 Å². The predicted octanol–water partition coefficient (Wildman–Crippen LogP) is 3.55. The molecule has 0 amide bonds. The van der Waals surface area contributed by atoms with Gasteiger partial charge in [0, 0.05) is 30.8 Å². The van der Waals surface area contributed by atoms with Gasteiger partial charge in [0.15, 0.2) is 5.78 Å². The Bertz CT molecular complexity index is 766. The molecule has 0 spiro atoms. The second-order valence-electron chi connectivity index (χ2n) is 8.03. The molecule has 32 heavy (non-hydrogen) atoms. The summed E-state index contributed by atoms with van der Waals surface area (Å²) in [5.74, 6) is 0.560. The van der Waals surface area contributed by atoms with Crippen molar-refractivity contribution in [3.8, 4) is 5.75 Å². The number of aliphatic hydroxyl groups excluding tert-OH is 2. The van der Waals surface area contributed by atoms with E-state index in [0.717, 1.165) is 25.8 Å². The van der Waals surface area contributed by atoms with Crippen molar-refractivity contribution in [3.05, 3.63) is 65.7 Å². The Morgan fingerprint density at radius 3 is 2.12 bits per heavy atom. The highest BCUT2D eigenvalue weighted by atomic mass is 16.5. The van der Waals surface area contributed by atoms with Crippen LogP contribution in [0.15, 0.2) is 54.6 Å². The Kier molecular flexibility index (Phi) is 12.0. The van der Waals surface area contributed by atoms with Crippen molar-refractivity contribution < 1.29 is 24.5 Å². The molecule has 0 aliphatic carbocycles. The molecule has 0 bridgehead atoms. The van der Waals surface area contributed by atoms with Crippen LogP contribution >= 0.6 is 0 Å². The first kappa shape index (κ1) is 26.0. The fourth-order valence-corrected chi connectivity index (χ4v) is 3.39. The monoisotopic (exact) mass is 443 g/mol. The summed E-state index contributed by atoms with van der Waals surface area (Å²) in [7, 11) is 0. The van der Waals surface area contributed by atoms with E-state index in [4.69, 9.17) is 9.47 Å². The second-order valence-corrected chi connectivity index (χ2v) is 8.03. The number of hydrogen-bond acceptors (Lipinski definition) is 6. The zero-order chi connectivity index (χ0) is 23.2. The van der Waals surface area contributed by atoms with Gasteiger partial charge in [0.2, 0.25) is 0 Å². The standard InChI is InChI=1S/C26H37NO5/c1-3-5-16-31-19-23(28)17-27(15-4-2)18-24(29)20-32-25-13-11-22(12-14-25)26(30)21-9-7-6-8-10-21/h6-14,23-24,28-29H,3-5,15-20H2,1-2H3. The van der Waals surface area contributed by atoms with Crippen LogP contribution in [-0.4, -0.2) is 72.6 Å². The number of aliphatic hydroxyl groups is 2. The fraction of sp³-hybridized carbons (Fsp3) is 0.500. The second kappa shape index (κ2) is 14.7. The van der Waals surface area contributed by atoms with Crippen LogP contribution in [0.5, 0.6) is 5.75 Å². The summed E-state index contributed by atoms with van der Waals surface area (Å²) in [6, 6.07) is 16.1. The van der Waals surface area contributed by atoms with Crippen LogP contribution in [0.2, 0.25) is 0 Å². The summed E-state index contributed by atoms with van der Waals surface area (Å²) in [5, 5.41) is 20.6. The summed E-state index contributed by atoms with van der Waals surface area (Å²) in [6.45, 7) is 6.91. The number of benzene rings is 2. The minimum atomic E-state index is -0.694. The topological polar surface area (TPSA) is 79.2 Å². The Morgan fingerprint density at radius 2 is 1.50 bits per heavy atom. The third-order valence-electron chi connectivity index (χ3n) is 5.03. The molecule has 2 unspecified atom stereocenters. The van der Waals surface area contributed by atoms with E-state index >= 15 is 0 Å². The van der Waals surface area contributed by atoms with Gasteiger partial charge in [-0.2, -0.15) is 0 Å². The molecule has 2 aromatic carbocycles. The SMILES string of the molecule is CCCCOCC(O)CN(CCC)CC(O)COc1ccc(C(=O)c2ccccc2)cc1. The normalized spacial score (nSPS) is 13.2. The molecule has 0 aliphatic heterocycles. The maximum atomic E-state index is 12.5. The van der Waals surface area contributed by atoms with Crippen molar-refractivity contribution in [1.29, 1.82) is 0 Å². The molecule has 0 heterocycles. The molecule has 0 saturated carbocycles. The minimum Gasteiger partial charge on any atom is -0.491 e. The minimum absolute atomic E-state index is 0.0374. The predicted molar refractivity (Wildman–Crippen MR) is 126 cm³/mol. The zero-order valence-electron chi connectivity index (χ0n) is 19.3. The van der Waals surface area contributed by atoms with Crippen LogP contribution in [-0.2, 0) is 4.74 Å². The molecular weight excluding hydrogens is 406 g/mol. The smallest absolute Gasteiger partial charge is 0.193 e. The number of ketones is 1. The first-order chi connectivity index (χ1) is 15.5. The first-order valence-electron chi connectivity index (χ1n) is 11.5. The largest absolute Gasteiger partial charge is 0.491 e. The van der Waals surface area contributed by atoms with E-state index < -0.39 is 12.2 Å². The van der Waals surface area contributed by atoms with E-state index in [9.17, 15) is 15.0 Å². The average Bonchev–Trinajstić information content (AvgIpc) is 2.81. The molecule has 2 N–H and O–H groups in total. The van der Waals surface area contributed by atoms with Gasteiger partial charge < -0.3 is 19.7 Å². The maximum Gasteiger partial charge on any atom is 0.193 e. The lowest BCUT2D eigenvalue weighted by atomic mass is 10.0. The Labute approximate surface area is 191 Å². The average molecular weight is 444 g/mol. The van der Waals surface area contributed by atoms with Crippen LogP contribution in [0.3, 0.4) is 0 Å². The van der Waals surface area contributed by atoms with Gasteiger partial charge in [-0.05, 0) is 43.7 Å². The lowest BCUT2D eigenvalue weighted by molar-refractivity contribution is 0.00223. The Balaban J connectivity index is 1.78. The Hall–Kier alpha value is -2.25. The molecule has 2 rings (SSSR count). The van der Waals surface area contributed by atoms with Gasteiger partial charge in [-0.3, -0.25) is 9.69 Å². The van der Waals surface area contributed by atoms with Crippen LogP contribution < -0.4 is 4.74 Å². The quantitative estimate of drug-likeness (QED) is 0.305. The third-order valence-corrected chi connectivity index (χ3v) is 5.03. The molecule has 6 heteroatoms. The number of unbranched alkanes of at least 4 members (excludes halogenated alkanes) is 1. The summed E-state index contributed by atoms with van der Waals surface area (Å²) < 4.78 is 11.2. The van der Waals surface area contributed by atoms with Crippen LogP contribution in [0.4, 0.5) is 0 Å². The molecule has 2 atom stereocenters. The molecule has 6 nitrogen and oxygen atoms in total. The van der Waals surface area contributed by atoms with E-state index in [2.05, 4.69) is 13.8 Å². The van der Waals surface area contributed by atoms with Crippen LogP contribution in [0.25, 0.3) is 0 Å². The Morgan fingerprint density at radius 1 is 0.875 bits per heavy atom. The van der Waals surface area contributed by atoms with Crippen LogP contribution in [0.1, 0.15) is 49.0 Å². The molecular formula is C26H37NO5. The van der Waals surface area contributed by atoms with Crippen molar-refractivity contribution >= 4 is 5.78 Å². The van der Waals surface area contributed by atoms with E-state index in [0.29, 0.717) is 43.2 Å². The first-order valence-corrected chi connectivity index (χ1v) is 11.5. The molecule has 2 aromatic rings. The van der Waals surface area contributed by atoms with Crippen LogP contribution in [0, 0.1) is 0 Å². The number of carbonyl (C=O) groups is 1. The number of carbonyl (C=O) groups excluding carboxylic acids is 1. The van der Waals surface area contributed by atoms with E-state index in [1.165, 1.54) is 0 Å². The van der Waals surface area contributed by atoms with Gasteiger partial charge in [0.05, 0.1) is 12.7 Å². The summed E-state index contributed by atoms with van der Waals surface area (Å²) in [5.41, 5.74) is 1.24. The van der Waals surface area contributed by atoms with Gasteiger partial charge in [-0.15, -0.1) is 0 Å². The molecule has 176 valence electrons. The fourth-order valence-electron chi connectivity index (χ4n) is 3.39. The number of hydrogen-bond donors (Lipinski definition) is 2. The van der Waals surface area contributed by atoms with Crippen molar-refractivity contribution in [3.63, 3.8) is 0 Å². The van der Waals surface area contributed by atoms with E-state index in [1.54, 1.807) is 36.4 Å². The third kappa shape index (κ3) is 9.49. The molecule has 0 radical (unpaired) electrons. The summed E-state index contributed by atoms with van der Waals surface area (Å²) in [6.07, 6.45) is 1.70. The lowest BCUT2D eigenvalue weighted by Gasteiger charge is -2.27. The van der Waals surface area contributed by atoms with Crippen molar-refractivity contribution in [1.82, 2.24) is 4.90 Å². The molecule has 0 aromatic heterocycles. The van der Waals surface area contributed by atoms with Gasteiger partial charge in [0.1, 0.15) is 18.5 Å². The van der Waals surface area contributed by atoms with Crippen molar-refractivity contribution in [2.45, 2.75) is 45.3 Å². The molecule has 0 aliphatic rings. The van der Waals surface area contributed by atoms with E-state index in [-0.39, 0.29) is 12.4 Å². The van der Waals surface area contributed by atoms with Gasteiger partial charge in [-0.25, -0.2) is 0 Å². The highest BCUT2D eigenvalue weighted by molar-refractivity contribution is 6.08. The number of ether oxygens (including phenoxy) is 2. The van der Waals surface area contributed by atoms with Crippen molar-refractivity contribution in [2.24, 2.45) is 0 Å². The van der Waals surface area contributed by atoms with Crippen molar-refractivity contribution in [2.75, 3.05) is 39.5 Å². The lowest BCUT2D eigenvalue weighted by Crippen LogP contribution is -2.41.